The molecule has 0 heterocycles. The lowest BCUT2D eigenvalue weighted by molar-refractivity contribution is 0.198. The molecule has 0 aromatic rings. The monoisotopic (exact) mass is 88.1 g/mol. The predicted molar refractivity (Wildman–Crippen MR) is 24.5 cm³/mol. The Morgan fingerprint density at radius 3 is 2.67 bits per heavy atom. The smallest absolute Gasteiger partial charge is 0.107 e. The minimum absolute atomic E-state index is 0.941. The van der Waals surface area contributed by atoms with Crippen molar-refractivity contribution in [3.05, 3.63) is 6.61 Å². The molecule has 0 aromatic heterocycles. The summed E-state index contributed by atoms with van der Waals surface area (Å²) in [6.45, 7) is 3.65. The summed E-state index contributed by atoms with van der Waals surface area (Å²) in [6, 6.07) is 0. The van der Waals surface area contributed by atoms with Gasteiger partial charge in [-0.2, -0.15) is 0 Å². The summed E-state index contributed by atoms with van der Waals surface area (Å²) in [5, 5.41) is 0. The van der Waals surface area contributed by atoms with Gasteiger partial charge in [0.1, 0.15) is 6.61 Å². The standard InChI is InChI=1S/C4H10NO/c1-2-3-4-6-5/h4H,2-3,5H2,1H3. The summed E-state index contributed by atoms with van der Waals surface area (Å²) in [5.41, 5.74) is 0. The van der Waals surface area contributed by atoms with Crippen LogP contribution in [-0.2, 0) is 4.84 Å². The minimum Gasteiger partial charge on any atom is -0.299 e. The first-order valence-electron chi connectivity index (χ1n) is 2.09. The van der Waals surface area contributed by atoms with E-state index in [0.717, 1.165) is 12.8 Å². The predicted octanol–water partition coefficient (Wildman–Crippen LogP) is 0.839. The summed E-state index contributed by atoms with van der Waals surface area (Å²) in [5.74, 6) is 4.66. The molecule has 0 aliphatic carbocycles. The van der Waals surface area contributed by atoms with Crippen LogP contribution in [0.2, 0.25) is 0 Å². The topological polar surface area (TPSA) is 35.2 Å². The van der Waals surface area contributed by atoms with E-state index in [9.17, 15) is 0 Å². The van der Waals surface area contributed by atoms with Gasteiger partial charge in [-0.15, -0.1) is 0 Å². The van der Waals surface area contributed by atoms with Crippen LogP contribution in [0, 0.1) is 6.61 Å². The van der Waals surface area contributed by atoms with Crippen molar-refractivity contribution >= 4 is 0 Å². The minimum atomic E-state index is 0.941. The van der Waals surface area contributed by atoms with Gasteiger partial charge in [0.25, 0.3) is 0 Å². The van der Waals surface area contributed by atoms with E-state index in [1.165, 1.54) is 0 Å². The Labute approximate surface area is 38.2 Å². The van der Waals surface area contributed by atoms with E-state index in [1.54, 1.807) is 6.61 Å². The molecule has 2 N–H and O–H groups in total. The van der Waals surface area contributed by atoms with Gasteiger partial charge in [-0.1, -0.05) is 13.3 Å². The molecule has 0 fully saturated rings. The molecule has 0 aliphatic rings. The van der Waals surface area contributed by atoms with Crippen LogP contribution in [0.15, 0.2) is 0 Å². The first-order valence-corrected chi connectivity index (χ1v) is 2.09. The summed E-state index contributed by atoms with van der Waals surface area (Å²) >= 11 is 0. The highest BCUT2D eigenvalue weighted by Crippen LogP contribution is 1.87. The number of nitrogens with two attached hydrogens (primary N) is 1. The summed E-state index contributed by atoms with van der Waals surface area (Å²) in [4.78, 5) is 4.16. The SMILES string of the molecule is CCC[CH]ON. The molecule has 0 saturated carbocycles. The Morgan fingerprint density at radius 2 is 2.50 bits per heavy atom. The number of hydrogen-bond acceptors (Lipinski definition) is 2. The molecule has 0 unspecified atom stereocenters. The zero-order valence-corrected chi connectivity index (χ0v) is 3.98. The van der Waals surface area contributed by atoms with Crippen molar-refractivity contribution < 1.29 is 4.84 Å². The maximum atomic E-state index is 4.66. The van der Waals surface area contributed by atoms with Gasteiger partial charge in [-0.3, -0.25) is 4.84 Å². The van der Waals surface area contributed by atoms with Gasteiger partial charge in [0.05, 0.1) is 0 Å². The second-order valence-corrected chi connectivity index (χ2v) is 1.09. The largest absolute Gasteiger partial charge is 0.299 e. The molecule has 0 atom stereocenters. The van der Waals surface area contributed by atoms with Gasteiger partial charge in [0, 0.05) is 0 Å². The van der Waals surface area contributed by atoms with Crippen LogP contribution in [0.3, 0.4) is 0 Å². The highest BCUT2D eigenvalue weighted by atomic mass is 16.6. The molecule has 1 radical (unpaired) electrons. The van der Waals surface area contributed by atoms with Crippen molar-refractivity contribution in [1.82, 2.24) is 0 Å². The summed E-state index contributed by atoms with van der Waals surface area (Å²) < 4.78 is 0. The van der Waals surface area contributed by atoms with Crippen LogP contribution < -0.4 is 5.90 Å². The first kappa shape index (κ1) is 5.92. The number of rotatable bonds is 3. The Bertz CT molecular complexity index is 19.5. The van der Waals surface area contributed by atoms with Gasteiger partial charge in [-0.25, -0.2) is 5.90 Å². The highest BCUT2D eigenvalue weighted by Gasteiger charge is 1.76. The molecule has 0 aliphatic heterocycles. The lowest BCUT2D eigenvalue weighted by Crippen LogP contribution is -1.93. The van der Waals surface area contributed by atoms with Crippen molar-refractivity contribution in [2.75, 3.05) is 0 Å². The Kier molecular flexibility index (Phi) is 4.85. The molecule has 0 amide bonds. The fourth-order valence-corrected chi connectivity index (χ4v) is 0.186. The first-order chi connectivity index (χ1) is 2.91. The van der Waals surface area contributed by atoms with E-state index >= 15 is 0 Å². The summed E-state index contributed by atoms with van der Waals surface area (Å²) in [6.07, 6.45) is 2.04. The maximum Gasteiger partial charge on any atom is 0.107 e. The van der Waals surface area contributed by atoms with Crippen LogP contribution in [0.1, 0.15) is 19.8 Å². The molecule has 0 bridgehead atoms. The Hall–Kier alpha value is -0.0800. The van der Waals surface area contributed by atoms with Gasteiger partial charge in [0.2, 0.25) is 0 Å². The fraction of sp³-hybridized carbons (Fsp3) is 0.750. The van der Waals surface area contributed by atoms with E-state index in [-0.39, 0.29) is 0 Å². The molecule has 0 aromatic carbocycles. The van der Waals surface area contributed by atoms with Crippen LogP contribution in [0.25, 0.3) is 0 Å². The zero-order chi connectivity index (χ0) is 4.83. The van der Waals surface area contributed by atoms with E-state index < -0.39 is 0 Å². The second-order valence-electron chi connectivity index (χ2n) is 1.09. The average Bonchev–Trinajstić information content (AvgIpc) is 1.61. The van der Waals surface area contributed by atoms with Crippen LogP contribution in [0.5, 0.6) is 0 Å². The van der Waals surface area contributed by atoms with Gasteiger partial charge >= 0.3 is 0 Å². The van der Waals surface area contributed by atoms with Gasteiger partial charge in [0.15, 0.2) is 0 Å². The molecule has 0 saturated heterocycles. The Morgan fingerprint density at radius 1 is 1.83 bits per heavy atom. The Balaban J connectivity index is 2.34. The second kappa shape index (κ2) is 4.92. The molecule has 2 nitrogen and oxygen atoms in total. The van der Waals surface area contributed by atoms with Gasteiger partial charge < -0.3 is 0 Å². The third-order valence-corrected chi connectivity index (χ3v) is 0.503. The molecular weight excluding hydrogens is 78.0 g/mol. The zero-order valence-electron chi connectivity index (χ0n) is 3.98. The molecule has 37 valence electrons. The maximum absolute atomic E-state index is 4.66. The van der Waals surface area contributed by atoms with Crippen molar-refractivity contribution in [2.24, 2.45) is 5.90 Å². The van der Waals surface area contributed by atoms with Crippen LogP contribution in [0.4, 0.5) is 0 Å². The lowest BCUT2D eigenvalue weighted by Gasteiger charge is -1.87. The molecule has 0 rings (SSSR count). The third-order valence-electron chi connectivity index (χ3n) is 0.503. The van der Waals surface area contributed by atoms with Crippen molar-refractivity contribution in [2.45, 2.75) is 19.8 Å². The highest BCUT2D eigenvalue weighted by molar-refractivity contribution is 4.42. The van der Waals surface area contributed by atoms with E-state index in [0.29, 0.717) is 0 Å². The number of hydrogen-bond donors (Lipinski definition) is 1. The van der Waals surface area contributed by atoms with Crippen molar-refractivity contribution in [3.63, 3.8) is 0 Å². The van der Waals surface area contributed by atoms with Crippen LogP contribution >= 0.6 is 0 Å². The van der Waals surface area contributed by atoms with E-state index in [2.05, 4.69) is 17.7 Å². The van der Waals surface area contributed by atoms with Gasteiger partial charge in [-0.05, 0) is 6.42 Å². The quantitative estimate of drug-likeness (QED) is 0.410. The normalized spacial score (nSPS) is 9.00. The average molecular weight is 88.1 g/mol. The van der Waals surface area contributed by atoms with E-state index in [4.69, 9.17) is 0 Å². The van der Waals surface area contributed by atoms with Crippen LogP contribution in [-0.4, -0.2) is 0 Å². The molecular formula is C4H10NO. The van der Waals surface area contributed by atoms with Crippen molar-refractivity contribution in [1.29, 1.82) is 0 Å². The van der Waals surface area contributed by atoms with Crippen molar-refractivity contribution in [3.8, 4) is 0 Å². The number of unbranched alkanes of at least 4 members (excludes halogenated alkanes) is 1. The third kappa shape index (κ3) is 3.92. The molecule has 0 spiro atoms. The molecule has 6 heavy (non-hydrogen) atoms. The summed E-state index contributed by atoms with van der Waals surface area (Å²) in [7, 11) is 0. The fourth-order valence-electron chi connectivity index (χ4n) is 0.186. The molecule has 2 heteroatoms. The van der Waals surface area contributed by atoms with E-state index in [1.807, 2.05) is 0 Å². The lowest BCUT2D eigenvalue weighted by atomic mass is 10.4.